The van der Waals surface area contributed by atoms with Gasteiger partial charge in [0.2, 0.25) is 0 Å². The zero-order valence-corrected chi connectivity index (χ0v) is 14.1. The molecule has 1 aliphatic heterocycles. The second kappa shape index (κ2) is 7.23. The molecule has 2 aromatic rings. The first kappa shape index (κ1) is 16.1. The zero-order chi connectivity index (χ0) is 17.1. The van der Waals surface area contributed by atoms with Crippen LogP contribution in [0, 0.1) is 5.92 Å². The Morgan fingerprint density at radius 2 is 1.96 bits per heavy atom. The lowest BCUT2D eigenvalue weighted by Crippen LogP contribution is -2.29. The van der Waals surface area contributed by atoms with E-state index < -0.39 is 0 Å². The van der Waals surface area contributed by atoms with Gasteiger partial charge in [0.05, 0.1) is 18.8 Å². The summed E-state index contributed by atoms with van der Waals surface area (Å²) < 4.78 is 7.51. The zero-order valence-electron chi connectivity index (χ0n) is 14.1. The van der Waals surface area contributed by atoms with Crippen molar-refractivity contribution in [1.29, 1.82) is 0 Å². The first-order chi connectivity index (χ1) is 12.3. The molecule has 132 valence electrons. The Labute approximate surface area is 146 Å². The standard InChI is InChI=1S/C18H23N5O2/c24-18(17-11-23(22-21-17)15-7-9-19-10-8-15)20-14-3-5-16(6-4-14)25-12-13-1-2-13/h3-6,11,13,15,19H,1-2,7-10,12H2,(H,20,24). The van der Waals surface area contributed by atoms with Crippen LogP contribution >= 0.6 is 0 Å². The smallest absolute Gasteiger partial charge is 0.277 e. The number of nitrogens with zero attached hydrogens (tertiary/aromatic N) is 3. The molecule has 0 unspecified atom stereocenters. The highest BCUT2D eigenvalue weighted by atomic mass is 16.5. The molecule has 4 rings (SSSR count). The van der Waals surface area contributed by atoms with E-state index in [0.29, 0.717) is 11.7 Å². The van der Waals surface area contributed by atoms with E-state index in [-0.39, 0.29) is 5.91 Å². The van der Waals surface area contributed by atoms with Gasteiger partial charge in [0.15, 0.2) is 5.69 Å². The number of ether oxygens (including phenoxy) is 1. The van der Waals surface area contributed by atoms with Crippen LogP contribution in [0.15, 0.2) is 30.5 Å². The van der Waals surface area contributed by atoms with Crippen LogP contribution in [0.25, 0.3) is 0 Å². The van der Waals surface area contributed by atoms with Crippen molar-refractivity contribution in [2.75, 3.05) is 25.0 Å². The van der Waals surface area contributed by atoms with Gasteiger partial charge in [-0.05, 0) is 69.0 Å². The van der Waals surface area contributed by atoms with Crippen LogP contribution < -0.4 is 15.4 Å². The Bertz CT molecular complexity index is 717. The first-order valence-corrected chi connectivity index (χ1v) is 8.95. The monoisotopic (exact) mass is 341 g/mol. The third-order valence-electron chi connectivity index (χ3n) is 4.72. The quantitative estimate of drug-likeness (QED) is 0.842. The van der Waals surface area contributed by atoms with Crippen molar-refractivity contribution < 1.29 is 9.53 Å². The molecule has 2 aliphatic rings. The topological polar surface area (TPSA) is 81.1 Å². The molecule has 2 N–H and O–H groups in total. The van der Waals surface area contributed by atoms with Crippen molar-refractivity contribution in [3.63, 3.8) is 0 Å². The number of amides is 1. The Morgan fingerprint density at radius 3 is 2.68 bits per heavy atom. The summed E-state index contributed by atoms with van der Waals surface area (Å²) in [6.07, 6.45) is 6.29. The fourth-order valence-corrected chi connectivity index (χ4v) is 2.96. The SMILES string of the molecule is O=C(Nc1ccc(OCC2CC2)cc1)c1cn(C2CCNCC2)nn1. The molecule has 7 nitrogen and oxygen atoms in total. The predicted octanol–water partition coefficient (Wildman–Crippen LogP) is 2.24. The molecule has 0 bridgehead atoms. The van der Waals surface area contributed by atoms with Gasteiger partial charge in [-0.15, -0.1) is 5.10 Å². The van der Waals surface area contributed by atoms with E-state index in [4.69, 9.17) is 4.74 Å². The van der Waals surface area contributed by atoms with E-state index in [1.54, 1.807) is 6.20 Å². The summed E-state index contributed by atoms with van der Waals surface area (Å²) in [5.74, 6) is 1.32. The normalized spacial score (nSPS) is 18.1. The summed E-state index contributed by atoms with van der Waals surface area (Å²) in [5, 5.41) is 14.3. The van der Waals surface area contributed by atoms with Gasteiger partial charge in [0, 0.05) is 5.69 Å². The summed E-state index contributed by atoms with van der Waals surface area (Å²) >= 11 is 0. The second-order valence-electron chi connectivity index (χ2n) is 6.80. The van der Waals surface area contributed by atoms with Crippen molar-refractivity contribution in [2.45, 2.75) is 31.7 Å². The molecule has 1 aromatic heterocycles. The number of anilines is 1. The molecule has 1 saturated heterocycles. The van der Waals surface area contributed by atoms with Crippen LogP contribution in [0.5, 0.6) is 5.75 Å². The molecule has 1 aliphatic carbocycles. The van der Waals surface area contributed by atoms with Crippen LogP contribution in [-0.2, 0) is 0 Å². The van der Waals surface area contributed by atoms with Gasteiger partial charge in [-0.2, -0.15) is 0 Å². The first-order valence-electron chi connectivity index (χ1n) is 8.95. The van der Waals surface area contributed by atoms with E-state index in [2.05, 4.69) is 20.9 Å². The highest BCUT2D eigenvalue weighted by Crippen LogP contribution is 2.29. The van der Waals surface area contributed by atoms with Gasteiger partial charge < -0.3 is 15.4 Å². The molecule has 0 atom stereocenters. The number of piperidine rings is 1. The Morgan fingerprint density at radius 1 is 1.20 bits per heavy atom. The van der Waals surface area contributed by atoms with E-state index in [1.165, 1.54) is 12.8 Å². The van der Waals surface area contributed by atoms with E-state index in [9.17, 15) is 4.79 Å². The molecule has 1 saturated carbocycles. The number of benzene rings is 1. The van der Waals surface area contributed by atoms with Gasteiger partial charge in [-0.25, -0.2) is 4.68 Å². The van der Waals surface area contributed by atoms with Crippen LogP contribution in [0.3, 0.4) is 0 Å². The fourth-order valence-electron chi connectivity index (χ4n) is 2.96. The summed E-state index contributed by atoms with van der Waals surface area (Å²) in [6.45, 7) is 2.73. The molecule has 0 radical (unpaired) electrons. The highest BCUT2D eigenvalue weighted by Gasteiger charge is 2.22. The fraction of sp³-hybridized carbons (Fsp3) is 0.500. The maximum absolute atomic E-state index is 12.3. The summed E-state index contributed by atoms with van der Waals surface area (Å²) in [7, 11) is 0. The minimum absolute atomic E-state index is 0.244. The Kier molecular flexibility index (Phi) is 4.65. The number of nitrogens with one attached hydrogen (secondary N) is 2. The lowest BCUT2D eigenvalue weighted by atomic mass is 10.1. The Balaban J connectivity index is 1.33. The summed E-state index contributed by atoms with van der Waals surface area (Å²) in [6, 6.07) is 7.76. The molecule has 1 amide bonds. The third-order valence-corrected chi connectivity index (χ3v) is 4.72. The lowest BCUT2D eigenvalue weighted by molar-refractivity contribution is 0.102. The van der Waals surface area contributed by atoms with E-state index >= 15 is 0 Å². The highest BCUT2D eigenvalue weighted by molar-refractivity contribution is 6.02. The van der Waals surface area contributed by atoms with Gasteiger partial charge in [-0.3, -0.25) is 4.79 Å². The van der Waals surface area contributed by atoms with Crippen molar-refractivity contribution in [2.24, 2.45) is 5.92 Å². The molecule has 7 heteroatoms. The molecular formula is C18H23N5O2. The van der Waals surface area contributed by atoms with Gasteiger partial charge >= 0.3 is 0 Å². The summed E-state index contributed by atoms with van der Waals surface area (Å²) in [5.41, 5.74) is 1.06. The number of hydrogen-bond donors (Lipinski definition) is 2. The van der Waals surface area contributed by atoms with Crippen molar-refractivity contribution in [3.8, 4) is 5.75 Å². The largest absolute Gasteiger partial charge is 0.493 e. The maximum Gasteiger partial charge on any atom is 0.277 e. The number of aromatic nitrogens is 3. The number of carbonyl (C=O) groups is 1. The molecule has 2 fully saturated rings. The number of hydrogen-bond acceptors (Lipinski definition) is 5. The van der Waals surface area contributed by atoms with Crippen LogP contribution in [0.1, 0.15) is 42.2 Å². The van der Waals surface area contributed by atoms with E-state index in [0.717, 1.165) is 49.9 Å². The van der Waals surface area contributed by atoms with Crippen LogP contribution in [0.2, 0.25) is 0 Å². The van der Waals surface area contributed by atoms with Crippen LogP contribution in [-0.4, -0.2) is 40.6 Å². The maximum atomic E-state index is 12.3. The molecular weight excluding hydrogens is 318 g/mol. The van der Waals surface area contributed by atoms with Gasteiger partial charge in [-0.1, -0.05) is 5.21 Å². The van der Waals surface area contributed by atoms with Crippen molar-refractivity contribution in [1.82, 2.24) is 20.3 Å². The van der Waals surface area contributed by atoms with E-state index in [1.807, 2.05) is 28.9 Å². The predicted molar refractivity (Wildman–Crippen MR) is 93.8 cm³/mol. The average molecular weight is 341 g/mol. The second-order valence-corrected chi connectivity index (χ2v) is 6.80. The number of carbonyl (C=O) groups excluding carboxylic acids is 1. The van der Waals surface area contributed by atoms with Gasteiger partial charge in [0.25, 0.3) is 5.91 Å². The molecule has 1 aromatic carbocycles. The average Bonchev–Trinajstić information content (AvgIpc) is 3.35. The molecule has 25 heavy (non-hydrogen) atoms. The minimum Gasteiger partial charge on any atom is -0.493 e. The number of rotatable bonds is 6. The van der Waals surface area contributed by atoms with Gasteiger partial charge in [0.1, 0.15) is 5.75 Å². The lowest BCUT2D eigenvalue weighted by Gasteiger charge is -2.22. The van der Waals surface area contributed by atoms with Crippen molar-refractivity contribution in [3.05, 3.63) is 36.2 Å². The van der Waals surface area contributed by atoms with Crippen LogP contribution in [0.4, 0.5) is 5.69 Å². The van der Waals surface area contributed by atoms with Crippen molar-refractivity contribution >= 4 is 11.6 Å². The molecule has 0 spiro atoms. The molecule has 2 heterocycles. The Hall–Kier alpha value is -2.41. The third kappa shape index (κ3) is 4.17. The summed E-state index contributed by atoms with van der Waals surface area (Å²) in [4.78, 5) is 12.3. The minimum atomic E-state index is -0.244.